The molecule has 0 heterocycles. The molecule has 22 heavy (non-hydrogen) atoms. The summed E-state index contributed by atoms with van der Waals surface area (Å²) >= 11 is 0. The minimum absolute atomic E-state index is 0.0596. The standard InChI is InChI=1S/2C8H8O3/c2*1-5-2-3-6(8(10)11)7(9)4-5/h2*2-4,9H,1H3,(H,10,11). The van der Waals surface area contributed by atoms with Gasteiger partial charge >= 0.3 is 11.9 Å². The Morgan fingerprint density at radius 3 is 1.27 bits per heavy atom. The molecule has 0 radical (unpaired) electrons. The van der Waals surface area contributed by atoms with Crippen LogP contribution in [0.5, 0.6) is 11.5 Å². The minimum Gasteiger partial charge on any atom is -0.507 e. The second-order valence-electron chi connectivity index (χ2n) is 4.65. The second-order valence-corrected chi connectivity index (χ2v) is 4.65. The van der Waals surface area contributed by atoms with Crippen LogP contribution in [0.4, 0.5) is 0 Å². The van der Waals surface area contributed by atoms with Crippen molar-refractivity contribution in [2.45, 2.75) is 13.8 Å². The highest BCUT2D eigenvalue weighted by molar-refractivity contribution is 5.91. The molecule has 0 aromatic heterocycles. The molecule has 2 aromatic carbocycles. The molecule has 0 atom stereocenters. The molecule has 0 fully saturated rings. The molecule has 0 saturated carbocycles. The van der Waals surface area contributed by atoms with Crippen LogP contribution >= 0.6 is 0 Å². The summed E-state index contributed by atoms with van der Waals surface area (Å²) in [5, 5.41) is 35.2. The van der Waals surface area contributed by atoms with Crippen LogP contribution in [0.2, 0.25) is 0 Å². The lowest BCUT2D eigenvalue weighted by molar-refractivity contribution is 0.0682. The number of carbonyl (C=O) groups is 2. The monoisotopic (exact) mass is 304 g/mol. The van der Waals surface area contributed by atoms with Crippen molar-refractivity contribution in [3.63, 3.8) is 0 Å². The summed E-state index contributed by atoms with van der Waals surface area (Å²) in [4.78, 5) is 20.7. The molecule has 6 heteroatoms. The van der Waals surface area contributed by atoms with Gasteiger partial charge in [0.25, 0.3) is 0 Å². The van der Waals surface area contributed by atoms with Gasteiger partial charge in [-0.25, -0.2) is 9.59 Å². The maximum Gasteiger partial charge on any atom is 0.339 e. The molecule has 0 spiro atoms. The van der Waals surface area contributed by atoms with Gasteiger partial charge in [0, 0.05) is 0 Å². The smallest absolute Gasteiger partial charge is 0.339 e. The predicted molar refractivity (Wildman–Crippen MR) is 79.6 cm³/mol. The Hall–Kier alpha value is -3.02. The number of hydrogen-bond acceptors (Lipinski definition) is 4. The van der Waals surface area contributed by atoms with E-state index in [1.807, 2.05) is 0 Å². The normalized spacial score (nSPS) is 9.55. The van der Waals surface area contributed by atoms with Gasteiger partial charge in [-0.2, -0.15) is 0 Å². The average Bonchev–Trinajstić information content (AvgIpc) is 2.38. The highest BCUT2D eigenvalue weighted by Gasteiger charge is 2.08. The molecule has 0 aliphatic heterocycles. The van der Waals surface area contributed by atoms with Crippen molar-refractivity contribution in [3.8, 4) is 11.5 Å². The molecule has 0 aliphatic carbocycles. The number of hydrogen-bond donors (Lipinski definition) is 4. The lowest BCUT2D eigenvalue weighted by Crippen LogP contribution is -1.96. The number of carboxylic acid groups (broad SMARTS) is 2. The molecule has 0 bridgehead atoms. The van der Waals surface area contributed by atoms with E-state index >= 15 is 0 Å². The molecule has 0 saturated heterocycles. The summed E-state index contributed by atoms with van der Waals surface area (Å²) in [6.45, 7) is 3.57. The van der Waals surface area contributed by atoms with Crippen molar-refractivity contribution >= 4 is 11.9 Å². The van der Waals surface area contributed by atoms with Crippen LogP contribution in [0, 0.1) is 13.8 Å². The second kappa shape index (κ2) is 7.12. The number of carboxylic acids is 2. The fraction of sp³-hybridized carbons (Fsp3) is 0.125. The Morgan fingerprint density at radius 2 is 1.05 bits per heavy atom. The summed E-state index contributed by atoms with van der Waals surface area (Å²) in [5.41, 5.74) is 1.56. The van der Waals surface area contributed by atoms with Gasteiger partial charge in [-0.05, 0) is 49.2 Å². The SMILES string of the molecule is Cc1ccc(C(=O)O)c(O)c1.Cc1ccc(C(=O)O)c(O)c1. The number of benzene rings is 2. The zero-order chi connectivity index (χ0) is 16.9. The zero-order valence-corrected chi connectivity index (χ0v) is 12.1. The quantitative estimate of drug-likeness (QED) is 0.678. The molecule has 6 nitrogen and oxygen atoms in total. The van der Waals surface area contributed by atoms with Gasteiger partial charge in [0.05, 0.1) is 0 Å². The first-order chi connectivity index (χ1) is 10.2. The van der Waals surface area contributed by atoms with Gasteiger partial charge in [-0.3, -0.25) is 0 Å². The van der Waals surface area contributed by atoms with Crippen LogP contribution in [-0.2, 0) is 0 Å². The highest BCUT2D eigenvalue weighted by Crippen LogP contribution is 2.18. The van der Waals surface area contributed by atoms with E-state index in [0.29, 0.717) is 0 Å². The first-order valence-electron chi connectivity index (χ1n) is 6.28. The lowest BCUT2D eigenvalue weighted by atomic mass is 10.1. The summed E-state index contributed by atoms with van der Waals surface area (Å²) in [5.74, 6) is -2.58. The van der Waals surface area contributed by atoms with Gasteiger partial charge in [-0.15, -0.1) is 0 Å². The van der Waals surface area contributed by atoms with E-state index in [2.05, 4.69) is 0 Å². The number of aryl methyl sites for hydroxylation is 2. The molecule has 4 N–H and O–H groups in total. The van der Waals surface area contributed by atoms with E-state index in [1.54, 1.807) is 26.0 Å². The van der Waals surface area contributed by atoms with E-state index in [1.165, 1.54) is 24.3 Å². The molecule has 116 valence electrons. The molecular formula is C16H16O6. The van der Waals surface area contributed by atoms with Crippen LogP contribution in [-0.4, -0.2) is 32.4 Å². The maximum atomic E-state index is 10.4. The van der Waals surface area contributed by atoms with E-state index in [-0.39, 0.29) is 22.6 Å². The largest absolute Gasteiger partial charge is 0.507 e. The summed E-state index contributed by atoms with van der Waals surface area (Å²) in [7, 11) is 0. The summed E-state index contributed by atoms with van der Waals surface area (Å²) in [6.07, 6.45) is 0. The summed E-state index contributed by atoms with van der Waals surface area (Å²) < 4.78 is 0. The number of aromatic hydroxyl groups is 2. The zero-order valence-electron chi connectivity index (χ0n) is 12.1. The third-order valence-electron chi connectivity index (χ3n) is 2.77. The third-order valence-corrected chi connectivity index (χ3v) is 2.77. The van der Waals surface area contributed by atoms with Gasteiger partial charge in [0.1, 0.15) is 22.6 Å². The number of rotatable bonds is 2. The lowest BCUT2D eigenvalue weighted by Gasteiger charge is -1.98. The number of aromatic carboxylic acids is 2. The van der Waals surface area contributed by atoms with Crippen molar-refractivity contribution in [2.75, 3.05) is 0 Å². The molecule has 2 aromatic rings. The van der Waals surface area contributed by atoms with Gasteiger partial charge in [0.2, 0.25) is 0 Å². The van der Waals surface area contributed by atoms with Crippen LogP contribution in [0.25, 0.3) is 0 Å². The third kappa shape index (κ3) is 4.52. The number of phenols is 2. The molecule has 0 amide bonds. The van der Waals surface area contributed by atoms with Crippen LogP contribution in [0.15, 0.2) is 36.4 Å². The van der Waals surface area contributed by atoms with E-state index in [4.69, 9.17) is 20.4 Å². The average molecular weight is 304 g/mol. The van der Waals surface area contributed by atoms with Crippen molar-refractivity contribution in [2.24, 2.45) is 0 Å². The van der Waals surface area contributed by atoms with E-state index in [0.717, 1.165) is 11.1 Å². The predicted octanol–water partition coefficient (Wildman–Crippen LogP) is 2.80. The van der Waals surface area contributed by atoms with Crippen molar-refractivity contribution in [3.05, 3.63) is 58.7 Å². The van der Waals surface area contributed by atoms with E-state index in [9.17, 15) is 9.59 Å². The fourth-order valence-corrected chi connectivity index (χ4v) is 1.65. The Kier molecular flexibility index (Phi) is 5.51. The van der Waals surface area contributed by atoms with Gasteiger partial charge in [-0.1, -0.05) is 12.1 Å². The minimum atomic E-state index is -1.11. The summed E-state index contributed by atoms with van der Waals surface area (Å²) in [6, 6.07) is 8.89. The maximum absolute atomic E-state index is 10.4. The van der Waals surface area contributed by atoms with Gasteiger partial charge < -0.3 is 20.4 Å². The Morgan fingerprint density at radius 1 is 0.727 bits per heavy atom. The Balaban J connectivity index is 0.000000220. The first-order valence-corrected chi connectivity index (χ1v) is 6.28. The van der Waals surface area contributed by atoms with Gasteiger partial charge in [0.15, 0.2) is 0 Å². The molecular weight excluding hydrogens is 288 g/mol. The topological polar surface area (TPSA) is 115 Å². The Bertz CT molecular complexity index is 644. The van der Waals surface area contributed by atoms with E-state index < -0.39 is 11.9 Å². The van der Waals surface area contributed by atoms with Crippen molar-refractivity contribution in [1.82, 2.24) is 0 Å². The first kappa shape index (κ1) is 17.0. The molecule has 0 aliphatic rings. The van der Waals surface area contributed by atoms with Crippen LogP contribution in [0.1, 0.15) is 31.8 Å². The van der Waals surface area contributed by atoms with Crippen molar-refractivity contribution < 1.29 is 30.0 Å². The fourth-order valence-electron chi connectivity index (χ4n) is 1.65. The van der Waals surface area contributed by atoms with Crippen molar-refractivity contribution in [1.29, 1.82) is 0 Å². The molecule has 0 unspecified atom stereocenters. The highest BCUT2D eigenvalue weighted by atomic mass is 16.4. The van der Waals surface area contributed by atoms with Crippen LogP contribution in [0.3, 0.4) is 0 Å². The van der Waals surface area contributed by atoms with Crippen LogP contribution < -0.4 is 0 Å². The Labute approximate surface area is 126 Å². The molecule has 2 rings (SSSR count).